The second-order valence-electron chi connectivity index (χ2n) is 4.03. The van der Waals surface area contributed by atoms with Gasteiger partial charge in [0.15, 0.2) is 0 Å². The van der Waals surface area contributed by atoms with Crippen LogP contribution < -0.4 is 0 Å². The van der Waals surface area contributed by atoms with E-state index >= 15 is 0 Å². The highest BCUT2D eigenvalue weighted by atomic mass is 35.5. The minimum Gasteiger partial charge on any atom is -0.469 e. The van der Waals surface area contributed by atoms with Gasteiger partial charge in [-0.3, -0.25) is 4.79 Å². The lowest BCUT2D eigenvalue weighted by molar-refractivity contribution is 0.0704. The second-order valence-corrected chi connectivity index (χ2v) is 4.40. The molecule has 1 aromatic rings. The molecule has 0 N–H and O–H groups in total. The number of nitrogens with zero attached hydrogens (tertiary/aromatic N) is 1. The molecule has 0 aliphatic heterocycles. The molecule has 0 aliphatic rings. The molecule has 0 atom stereocenters. The zero-order valence-electron chi connectivity index (χ0n) is 10.00. The Kier molecular flexibility index (Phi) is 4.87. The van der Waals surface area contributed by atoms with E-state index in [2.05, 4.69) is 0 Å². The molecule has 16 heavy (non-hydrogen) atoms. The van der Waals surface area contributed by atoms with Gasteiger partial charge in [-0.1, -0.05) is 0 Å². The first-order valence-electron chi connectivity index (χ1n) is 5.49. The van der Waals surface area contributed by atoms with Crippen LogP contribution in [0.2, 0.25) is 0 Å². The average molecular weight is 244 g/mol. The highest BCUT2D eigenvalue weighted by Crippen LogP contribution is 2.14. The van der Waals surface area contributed by atoms with E-state index in [0.29, 0.717) is 23.7 Å². The first kappa shape index (κ1) is 13.1. The van der Waals surface area contributed by atoms with Crippen molar-refractivity contribution in [3.8, 4) is 0 Å². The third-order valence-electron chi connectivity index (χ3n) is 2.51. The maximum absolute atomic E-state index is 12.2. The van der Waals surface area contributed by atoms with E-state index < -0.39 is 0 Å². The van der Waals surface area contributed by atoms with E-state index in [1.54, 1.807) is 19.3 Å². The summed E-state index contributed by atoms with van der Waals surface area (Å²) in [7, 11) is 0. The summed E-state index contributed by atoms with van der Waals surface area (Å²) in [4.78, 5) is 14.0. The Hall–Kier alpha value is -0.960. The van der Waals surface area contributed by atoms with Gasteiger partial charge in [0, 0.05) is 18.5 Å². The van der Waals surface area contributed by atoms with Crippen molar-refractivity contribution in [2.75, 3.05) is 12.4 Å². The van der Waals surface area contributed by atoms with Gasteiger partial charge in [0.2, 0.25) is 0 Å². The molecule has 0 fully saturated rings. The average Bonchev–Trinajstić information content (AvgIpc) is 2.64. The number of carbonyl (C=O) groups is 1. The van der Waals surface area contributed by atoms with Crippen molar-refractivity contribution in [1.82, 2.24) is 4.90 Å². The first-order chi connectivity index (χ1) is 7.57. The summed E-state index contributed by atoms with van der Waals surface area (Å²) in [5, 5.41) is 0. The molecule has 0 unspecified atom stereocenters. The summed E-state index contributed by atoms with van der Waals surface area (Å²) < 4.78 is 5.15. The van der Waals surface area contributed by atoms with Gasteiger partial charge in [-0.2, -0.15) is 0 Å². The zero-order valence-corrected chi connectivity index (χ0v) is 10.8. The van der Waals surface area contributed by atoms with E-state index in [1.807, 2.05) is 18.7 Å². The summed E-state index contributed by atoms with van der Waals surface area (Å²) in [6.45, 7) is 6.49. The Balaban J connectivity index is 2.79. The van der Waals surface area contributed by atoms with Gasteiger partial charge in [0.25, 0.3) is 5.91 Å². The van der Waals surface area contributed by atoms with E-state index in [9.17, 15) is 4.79 Å². The highest BCUT2D eigenvalue weighted by Gasteiger charge is 2.20. The summed E-state index contributed by atoms with van der Waals surface area (Å²) in [6, 6.07) is 1.89. The Morgan fingerprint density at radius 1 is 1.56 bits per heavy atom. The van der Waals surface area contributed by atoms with E-state index in [4.69, 9.17) is 16.0 Å². The maximum atomic E-state index is 12.2. The fourth-order valence-electron chi connectivity index (χ4n) is 1.59. The van der Waals surface area contributed by atoms with E-state index in [0.717, 1.165) is 6.42 Å². The van der Waals surface area contributed by atoms with Crippen LogP contribution >= 0.6 is 11.6 Å². The summed E-state index contributed by atoms with van der Waals surface area (Å²) >= 11 is 5.65. The van der Waals surface area contributed by atoms with Crippen LogP contribution in [0.5, 0.6) is 0 Å². The zero-order chi connectivity index (χ0) is 12.1. The predicted molar refractivity (Wildman–Crippen MR) is 65.0 cm³/mol. The number of alkyl halides is 1. The van der Waals surface area contributed by atoms with Gasteiger partial charge in [0.1, 0.15) is 5.76 Å². The van der Waals surface area contributed by atoms with E-state index in [-0.39, 0.29) is 11.9 Å². The van der Waals surface area contributed by atoms with Crippen molar-refractivity contribution < 1.29 is 9.21 Å². The largest absolute Gasteiger partial charge is 0.469 e. The van der Waals surface area contributed by atoms with Crippen molar-refractivity contribution in [1.29, 1.82) is 0 Å². The smallest absolute Gasteiger partial charge is 0.257 e. The molecular formula is C12H18ClNO2. The third-order valence-corrected chi connectivity index (χ3v) is 2.77. The molecule has 0 aromatic carbocycles. The predicted octanol–water partition coefficient (Wildman–Crippen LogP) is 3.07. The molecule has 0 aliphatic carbocycles. The normalized spacial score (nSPS) is 10.8. The lowest BCUT2D eigenvalue weighted by atomic mass is 10.2. The van der Waals surface area contributed by atoms with Crippen LogP contribution in [0.15, 0.2) is 16.7 Å². The van der Waals surface area contributed by atoms with Crippen LogP contribution in [0.25, 0.3) is 0 Å². The monoisotopic (exact) mass is 243 g/mol. The SMILES string of the molecule is Cc1occc1C(=O)N(CCCCl)C(C)C. The molecule has 0 saturated heterocycles. The molecule has 3 nitrogen and oxygen atoms in total. The highest BCUT2D eigenvalue weighted by molar-refractivity contribution is 6.17. The van der Waals surface area contributed by atoms with Gasteiger partial charge in [-0.25, -0.2) is 0 Å². The third kappa shape index (κ3) is 3.01. The molecule has 0 bridgehead atoms. The molecule has 0 saturated carbocycles. The van der Waals surface area contributed by atoms with Crippen LogP contribution in [-0.2, 0) is 0 Å². The number of hydrogen-bond donors (Lipinski definition) is 0. The lowest BCUT2D eigenvalue weighted by Gasteiger charge is -2.26. The van der Waals surface area contributed by atoms with Gasteiger partial charge < -0.3 is 9.32 Å². The molecule has 1 heterocycles. The van der Waals surface area contributed by atoms with Crippen molar-refractivity contribution in [3.63, 3.8) is 0 Å². The van der Waals surface area contributed by atoms with Crippen LogP contribution in [-0.4, -0.2) is 29.3 Å². The van der Waals surface area contributed by atoms with E-state index in [1.165, 1.54) is 0 Å². The van der Waals surface area contributed by atoms with Crippen LogP contribution in [0.3, 0.4) is 0 Å². The maximum Gasteiger partial charge on any atom is 0.257 e. The van der Waals surface area contributed by atoms with Crippen molar-refractivity contribution in [2.24, 2.45) is 0 Å². The number of furan rings is 1. The van der Waals surface area contributed by atoms with Crippen LogP contribution in [0.4, 0.5) is 0 Å². The molecule has 4 heteroatoms. The van der Waals surface area contributed by atoms with Crippen molar-refractivity contribution >= 4 is 17.5 Å². The molecule has 90 valence electrons. The minimum atomic E-state index is 0.0198. The molecule has 1 aromatic heterocycles. The quantitative estimate of drug-likeness (QED) is 0.745. The molecular weight excluding hydrogens is 226 g/mol. The number of rotatable bonds is 5. The Labute approximate surface area is 101 Å². The molecule has 0 radical (unpaired) electrons. The molecule has 0 spiro atoms. The number of aryl methyl sites for hydroxylation is 1. The topological polar surface area (TPSA) is 33.5 Å². The molecule has 1 amide bonds. The fraction of sp³-hybridized carbons (Fsp3) is 0.583. The van der Waals surface area contributed by atoms with Crippen molar-refractivity contribution in [2.45, 2.75) is 33.2 Å². The van der Waals surface area contributed by atoms with Gasteiger partial charge in [0.05, 0.1) is 11.8 Å². The standard InChI is InChI=1S/C12H18ClNO2/c1-9(2)14(7-4-6-13)12(15)11-5-8-16-10(11)3/h5,8-9H,4,6-7H2,1-3H3. The van der Waals surface area contributed by atoms with Crippen LogP contribution in [0.1, 0.15) is 36.4 Å². The number of halogens is 1. The van der Waals surface area contributed by atoms with Gasteiger partial charge >= 0.3 is 0 Å². The number of hydrogen-bond acceptors (Lipinski definition) is 2. The summed E-state index contributed by atoms with van der Waals surface area (Å²) in [6.07, 6.45) is 2.35. The first-order valence-corrected chi connectivity index (χ1v) is 6.02. The number of carbonyl (C=O) groups excluding carboxylic acids is 1. The fourth-order valence-corrected chi connectivity index (χ4v) is 1.71. The summed E-state index contributed by atoms with van der Waals surface area (Å²) in [5.41, 5.74) is 0.642. The second kappa shape index (κ2) is 5.94. The molecule has 1 rings (SSSR count). The minimum absolute atomic E-state index is 0.0198. The Morgan fingerprint density at radius 3 is 2.69 bits per heavy atom. The van der Waals surface area contributed by atoms with Gasteiger partial charge in [-0.05, 0) is 33.3 Å². The Morgan fingerprint density at radius 2 is 2.25 bits per heavy atom. The summed E-state index contributed by atoms with van der Waals surface area (Å²) in [5.74, 6) is 1.26. The number of amides is 1. The lowest BCUT2D eigenvalue weighted by Crippen LogP contribution is -2.38. The van der Waals surface area contributed by atoms with Gasteiger partial charge in [-0.15, -0.1) is 11.6 Å². The van der Waals surface area contributed by atoms with Crippen LogP contribution in [0, 0.1) is 6.92 Å². The van der Waals surface area contributed by atoms with Crippen molar-refractivity contribution in [3.05, 3.63) is 23.7 Å². The Bertz CT molecular complexity index is 347.